The van der Waals surface area contributed by atoms with Crippen molar-refractivity contribution in [3.05, 3.63) is 63.2 Å². The molecule has 1 unspecified atom stereocenters. The highest BCUT2D eigenvalue weighted by molar-refractivity contribution is 7.89. The van der Waals surface area contributed by atoms with Gasteiger partial charge in [0.2, 0.25) is 0 Å². The van der Waals surface area contributed by atoms with Crippen LogP contribution in [0.1, 0.15) is 54.2 Å². The van der Waals surface area contributed by atoms with Crippen molar-refractivity contribution in [3.8, 4) is 0 Å². The van der Waals surface area contributed by atoms with Crippen molar-refractivity contribution in [2.45, 2.75) is 51.7 Å². The second-order valence-electron chi connectivity index (χ2n) is 7.92. The van der Waals surface area contributed by atoms with Crippen molar-refractivity contribution in [2.75, 3.05) is 11.4 Å². The normalized spacial score (nSPS) is 16.2. The second kappa shape index (κ2) is 8.73. The number of hydrogen-bond donors (Lipinski definition) is 0. The molecule has 0 spiro atoms. The van der Waals surface area contributed by atoms with Gasteiger partial charge in [0.05, 0.1) is 17.2 Å². The van der Waals surface area contributed by atoms with Gasteiger partial charge in [0.1, 0.15) is 6.10 Å². The lowest BCUT2D eigenvalue weighted by Crippen LogP contribution is -2.38. The standard InChI is InChI=1S/C22H23F4NO4S/c1-5-6-27-21-11(2)7-14(8-15(21)13(4)31-22(27)28)9-32(29,30)10-16-19(25)17(23)12(3)18(24)20(16)26/h7-8,13H,5-6,9-10H2,1-4H3. The Morgan fingerprint density at radius 2 is 1.59 bits per heavy atom. The summed E-state index contributed by atoms with van der Waals surface area (Å²) >= 11 is 0. The number of anilines is 1. The number of nitrogens with zero attached hydrogens (tertiary/aromatic N) is 1. The number of hydrogen-bond acceptors (Lipinski definition) is 4. The molecular formula is C22H23F4NO4S. The fraction of sp³-hybridized carbons (Fsp3) is 0.409. The molecule has 0 aliphatic carbocycles. The van der Waals surface area contributed by atoms with E-state index in [1.807, 2.05) is 6.92 Å². The van der Waals surface area contributed by atoms with Crippen LogP contribution in [-0.4, -0.2) is 21.1 Å². The molecule has 1 aliphatic rings. The number of carbonyl (C=O) groups is 1. The van der Waals surface area contributed by atoms with Crippen LogP contribution in [0.4, 0.5) is 28.0 Å². The maximum atomic E-state index is 14.2. The highest BCUT2D eigenvalue weighted by Gasteiger charge is 2.32. The Labute approximate surface area is 183 Å². The molecule has 174 valence electrons. The molecule has 0 fully saturated rings. The first-order valence-electron chi connectivity index (χ1n) is 10.0. The molecule has 1 aliphatic heterocycles. The van der Waals surface area contributed by atoms with Crippen LogP contribution in [0.25, 0.3) is 0 Å². The number of sulfone groups is 1. The lowest BCUT2D eigenvalue weighted by Gasteiger charge is -2.34. The molecule has 0 aromatic heterocycles. The van der Waals surface area contributed by atoms with E-state index in [9.17, 15) is 30.8 Å². The van der Waals surface area contributed by atoms with Crippen LogP contribution in [-0.2, 0) is 26.1 Å². The van der Waals surface area contributed by atoms with Gasteiger partial charge in [-0.3, -0.25) is 4.90 Å². The Balaban J connectivity index is 1.97. The van der Waals surface area contributed by atoms with Gasteiger partial charge < -0.3 is 4.74 Å². The van der Waals surface area contributed by atoms with Crippen molar-refractivity contribution in [1.82, 2.24) is 0 Å². The largest absolute Gasteiger partial charge is 0.441 e. The van der Waals surface area contributed by atoms with Crippen molar-refractivity contribution < 1.29 is 35.5 Å². The van der Waals surface area contributed by atoms with E-state index in [0.29, 0.717) is 35.3 Å². The number of carbonyl (C=O) groups excluding carboxylic acids is 1. The van der Waals surface area contributed by atoms with Gasteiger partial charge >= 0.3 is 6.09 Å². The molecule has 1 atom stereocenters. The first-order chi connectivity index (χ1) is 14.9. The maximum absolute atomic E-state index is 14.2. The summed E-state index contributed by atoms with van der Waals surface area (Å²) in [4.78, 5) is 13.7. The summed E-state index contributed by atoms with van der Waals surface area (Å²) in [5.41, 5.74) is 0.152. The highest BCUT2D eigenvalue weighted by atomic mass is 32.2. The van der Waals surface area contributed by atoms with Crippen LogP contribution >= 0.6 is 0 Å². The zero-order chi connectivity index (χ0) is 24.0. The van der Waals surface area contributed by atoms with E-state index < -0.39 is 67.9 Å². The molecule has 0 saturated heterocycles. The summed E-state index contributed by atoms with van der Waals surface area (Å²) in [6.45, 7) is 6.55. The third kappa shape index (κ3) is 4.32. The van der Waals surface area contributed by atoms with Crippen molar-refractivity contribution in [2.24, 2.45) is 0 Å². The predicted octanol–water partition coefficient (Wildman–Crippen LogP) is 5.40. The maximum Gasteiger partial charge on any atom is 0.414 e. The molecule has 5 nitrogen and oxygen atoms in total. The van der Waals surface area contributed by atoms with Crippen LogP contribution < -0.4 is 4.90 Å². The van der Waals surface area contributed by atoms with Crippen molar-refractivity contribution in [3.63, 3.8) is 0 Å². The minimum absolute atomic E-state index is 0.302. The van der Waals surface area contributed by atoms with Gasteiger partial charge in [-0.15, -0.1) is 0 Å². The molecular weight excluding hydrogens is 450 g/mol. The number of ether oxygens (including phenoxy) is 1. The fourth-order valence-electron chi connectivity index (χ4n) is 3.88. The monoisotopic (exact) mass is 473 g/mol. The number of amides is 1. The highest BCUT2D eigenvalue weighted by Crippen LogP contribution is 2.38. The summed E-state index contributed by atoms with van der Waals surface area (Å²) < 4.78 is 86.7. The molecule has 0 radical (unpaired) electrons. The summed E-state index contributed by atoms with van der Waals surface area (Å²) in [6, 6.07) is 3.12. The average molecular weight is 473 g/mol. The molecule has 2 aromatic carbocycles. The molecule has 1 heterocycles. The number of aryl methyl sites for hydroxylation is 1. The quantitative estimate of drug-likeness (QED) is 0.416. The average Bonchev–Trinajstić information content (AvgIpc) is 2.71. The Morgan fingerprint density at radius 3 is 2.16 bits per heavy atom. The minimum Gasteiger partial charge on any atom is -0.441 e. The zero-order valence-corrected chi connectivity index (χ0v) is 18.9. The van der Waals surface area contributed by atoms with Gasteiger partial charge in [-0.1, -0.05) is 13.0 Å². The van der Waals surface area contributed by atoms with Gasteiger partial charge in [0.15, 0.2) is 33.1 Å². The van der Waals surface area contributed by atoms with Crippen LogP contribution in [0.3, 0.4) is 0 Å². The van der Waals surface area contributed by atoms with Crippen LogP contribution in [0, 0.1) is 37.1 Å². The smallest absolute Gasteiger partial charge is 0.414 e. The number of cyclic esters (lactones) is 1. The van der Waals surface area contributed by atoms with E-state index in [1.165, 1.54) is 4.90 Å². The van der Waals surface area contributed by atoms with E-state index in [4.69, 9.17) is 4.74 Å². The summed E-state index contributed by atoms with van der Waals surface area (Å²) in [5.74, 6) is -8.51. The fourth-order valence-corrected chi connectivity index (χ4v) is 5.35. The number of halogens is 4. The summed E-state index contributed by atoms with van der Waals surface area (Å²) in [6.07, 6.45) is -0.439. The molecule has 0 N–H and O–H groups in total. The van der Waals surface area contributed by atoms with Crippen molar-refractivity contribution >= 4 is 21.6 Å². The van der Waals surface area contributed by atoms with Gasteiger partial charge in [0, 0.05) is 23.2 Å². The first-order valence-corrected chi connectivity index (χ1v) is 11.8. The third-order valence-electron chi connectivity index (χ3n) is 5.37. The predicted molar refractivity (Wildman–Crippen MR) is 111 cm³/mol. The zero-order valence-electron chi connectivity index (χ0n) is 18.1. The van der Waals surface area contributed by atoms with Gasteiger partial charge in [0.25, 0.3) is 0 Å². The number of rotatable bonds is 6. The van der Waals surface area contributed by atoms with Crippen LogP contribution in [0.15, 0.2) is 12.1 Å². The molecule has 0 bridgehead atoms. The van der Waals surface area contributed by atoms with E-state index in [1.54, 1.807) is 26.0 Å². The Kier molecular flexibility index (Phi) is 6.55. The molecule has 1 amide bonds. The van der Waals surface area contributed by atoms with E-state index >= 15 is 0 Å². The second-order valence-corrected chi connectivity index (χ2v) is 9.98. The van der Waals surface area contributed by atoms with Crippen LogP contribution in [0.2, 0.25) is 0 Å². The first kappa shape index (κ1) is 24.0. The SMILES string of the molecule is CCCN1C(=O)OC(C)c2cc(CS(=O)(=O)Cc3c(F)c(F)c(C)c(F)c3F)cc(C)c21. The van der Waals surface area contributed by atoms with Gasteiger partial charge in [-0.25, -0.2) is 30.8 Å². The Hall–Kier alpha value is -2.62. The number of benzene rings is 2. The minimum atomic E-state index is -4.21. The molecule has 10 heteroatoms. The lowest BCUT2D eigenvalue weighted by molar-refractivity contribution is 0.107. The van der Waals surface area contributed by atoms with Gasteiger partial charge in [-0.2, -0.15) is 0 Å². The molecule has 0 saturated carbocycles. The molecule has 32 heavy (non-hydrogen) atoms. The van der Waals surface area contributed by atoms with E-state index in [0.717, 1.165) is 6.92 Å². The van der Waals surface area contributed by atoms with Crippen molar-refractivity contribution in [1.29, 1.82) is 0 Å². The van der Waals surface area contributed by atoms with E-state index in [2.05, 4.69) is 0 Å². The number of fused-ring (bicyclic) bond motifs is 1. The van der Waals surface area contributed by atoms with Gasteiger partial charge in [-0.05, 0) is 44.4 Å². The van der Waals surface area contributed by atoms with Crippen LogP contribution in [0.5, 0.6) is 0 Å². The molecule has 2 aromatic rings. The molecule has 3 rings (SSSR count). The lowest BCUT2D eigenvalue weighted by atomic mass is 9.98. The van der Waals surface area contributed by atoms with E-state index in [-0.39, 0.29) is 0 Å². The topological polar surface area (TPSA) is 63.7 Å². The Bertz CT molecular complexity index is 1170. The summed E-state index contributed by atoms with van der Waals surface area (Å²) in [5, 5.41) is 0. The summed E-state index contributed by atoms with van der Waals surface area (Å²) in [7, 11) is -4.21. The third-order valence-corrected chi connectivity index (χ3v) is 6.87. The Morgan fingerprint density at radius 1 is 1.00 bits per heavy atom.